The lowest BCUT2D eigenvalue weighted by atomic mass is 9.73. The van der Waals surface area contributed by atoms with Crippen LogP contribution in [0.2, 0.25) is 0 Å². The number of aliphatic imine (C=N–C) groups is 1. The smallest absolute Gasteiger partial charge is 0.246 e. The van der Waals surface area contributed by atoms with Gasteiger partial charge in [0.15, 0.2) is 5.96 Å². The molecule has 422 valence electrons. The van der Waals surface area contributed by atoms with Gasteiger partial charge in [-0.05, 0) is 125 Å². The number of carbonyl (C=O) groups is 8. The zero-order chi connectivity index (χ0) is 56.6. The molecule has 5 rings (SSSR count). The van der Waals surface area contributed by atoms with Crippen molar-refractivity contribution in [2.75, 3.05) is 20.2 Å². The van der Waals surface area contributed by atoms with Gasteiger partial charge in [-0.3, -0.25) is 38.6 Å². The Morgan fingerprint density at radius 2 is 1.29 bits per heavy atom. The highest BCUT2D eigenvalue weighted by Gasteiger charge is 2.46. The first-order valence-corrected chi connectivity index (χ1v) is 27.1. The molecule has 1 aliphatic rings. The van der Waals surface area contributed by atoms with E-state index < -0.39 is 71.2 Å². The number of hydrogen-bond donors (Lipinski definition) is 11. The third-order valence-corrected chi connectivity index (χ3v) is 14.2. The van der Waals surface area contributed by atoms with Crippen molar-refractivity contribution >= 4 is 64.0 Å². The van der Waals surface area contributed by atoms with E-state index in [1.165, 1.54) is 6.92 Å². The van der Waals surface area contributed by atoms with E-state index in [0.29, 0.717) is 55.5 Å². The number of nitrogens with one attached hydrogen (secondary N) is 7. The number of guanidine groups is 1. The topological polar surface area (TPSA) is 350 Å². The predicted molar refractivity (Wildman–Crippen MR) is 298 cm³/mol. The van der Waals surface area contributed by atoms with E-state index in [-0.39, 0.29) is 94.3 Å². The summed E-state index contributed by atoms with van der Waals surface area (Å²) in [7, 11) is 1.58. The molecule has 5 atom stereocenters. The number of carbonyl (C=O) groups excluding carboxylic acids is 8. The summed E-state index contributed by atoms with van der Waals surface area (Å²) in [4.78, 5) is 119. The number of aromatic nitrogens is 1. The summed E-state index contributed by atoms with van der Waals surface area (Å²) >= 11 is 0. The van der Waals surface area contributed by atoms with Gasteiger partial charge in [0.2, 0.25) is 41.4 Å². The van der Waals surface area contributed by atoms with Crippen molar-refractivity contribution in [2.24, 2.45) is 27.9 Å². The Labute approximate surface area is 456 Å². The maximum absolute atomic E-state index is 15.3. The number of ketones is 1. The Hall–Kier alpha value is -7.81. The van der Waals surface area contributed by atoms with Crippen LogP contribution >= 0.6 is 0 Å². The molecule has 4 aromatic rings. The minimum atomic E-state index is -1.59. The summed E-state index contributed by atoms with van der Waals surface area (Å²) in [6, 6.07) is 17.9. The number of rotatable bonds is 32. The maximum atomic E-state index is 15.3. The van der Waals surface area contributed by atoms with Gasteiger partial charge in [0.05, 0.1) is 7.11 Å². The van der Waals surface area contributed by atoms with Gasteiger partial charge in [0.1, 0.15) is 47.3 Å². The molecule has 0 spiro atoms. The van der Waals surface area contributed by atoms with Crippen LogP contribution in [0.4, 0.5) is 0 Å². The summed E-state index contributed by atoms with van der Waals surface area (Å²) in [5.41, 5.74) is 24.3. The molecule has 7 amide bonds. The van der Waals surface area contributed by atoms with E-state index in [1.54, 1.807) is 43.6 Å². The summed E-state index contributed by atoms with van der Waals surface area (Å²) in [6.45, 7) is 3.79. The van der Waals surface area contributed by atoms with Gasteiger partial charge < -0.3 is 69.4 Å². The molecule has 1 aliphatic carbocycles. The number of Topliss-reactive ketones (excluding diaryl/α,β-unsaturated/α-hetero) is 1. The molecule has 3 aromatic carbocycles. The molecular formula is C57H80N12O9. The minimum absolute atomic E-state index is 0.00168. The second-order valence-electron chi connectivity index (χ2n) is 20.2. The number of unbranched alkanes of at least 4 members (excludes halogenated alkanes) is 2. The van der Waals surface area contributed by atoms with Crippen LogP contribution in [-0.2, 0) is 51.2 Å². The van der Waals surface area contributed by atoms with Crippen LogP contribution < -0.4 is 59.6 Å². The van der Waals surface area contributed by atoms with E-state index in [2.05, 4.69) is 41.9 Å². The van der Waals surface area contributed by atoms with Crippen LogP contribution in [0.3, 0.4) is 0 Å². The van der Waals surface area contributed by atoms with Crippen molar-refractivity contribution in [3.63, 3.8) is 0 Å². The summed E-state index contributed by atoms with van der Waals surface area (Å²) < 4.78 is 5.38. The van der Waals surface area contributed by atoms with Crippen LogP contribution in [0.1, 0.15) is 126 Å². The summed E-state index contributed by atoms with van der Waals surface area (Å²) in [6.07, 6.45) is 5.84. The Kier molecular flexibility index (Phi) is 24.1. The lowest BCUT2D eigenvalue weighted by Gasteiger charge is -2.41. The van der Waals surface area contributed by atoms with Crippen LogP contribution in [0.15, 0.2) is 90.1 Å². The highest BCUT2D eigenvalue weighted by molar-refractivity contribution is 5.99. The van der Waals surface area contributed by atoms with E-state index in [4.69, 9.17) is 27.7 Å². The fourth-order valence-corrected chi connectivity index (χ4v) is 9.72. The zero-order valence-corrected chi connectivity index (χ0v) is 45.2. The number of hydrogen-bond acceptors (Lipinski definition) is 11. The van der Waals surface area contributed by atoms with Crippen molar-refractivity contribution in [1.29, 1.82) is 0 Å². The molecule has 21 nitrogen and oxygen atoms in total. The van der Waals surface area contributed by atoms with Gasteiger partial charge >= 0.3 is 0 Å². The Morgan fingerprint density at radius 3 is 1.94 bits per heavy atom. The third kappa shape index (κ3) is 18.7. The second-order valence-corrected chi connectivity index (χ2v) is 20.2. The minimum Gasteiger partial charge on any atom is -0.497 e. The fourth-order valence-electron chi connectivity index (χ4n) is 9.72. The van der Waals surface area contributed by atoms with E-state index in [9.17, 15) is 33.6 Å². The number of amides is 7. The lowest BCUT2D eigenvalue weighted by molar-refractivity contribution is -0.139. The molecule has 0 saturated heterocycles. The number of H-pyrrole nitrogens is 1. The summed E-state index contributed by atoms with van der Waals surface area (Å²) in [5, 5.41) is 18.0. The van der Waals surface area contributed by atoms with Crippen LogP contribution in [0.25, 0.3) is 10.9 Å². The fraction of sp³-hybridized carbons (Fsp3) is 0.491. The first-order valence-electron chi connectivity index (χ1n) is 27.1. The number of ether oxygens (including phenoxy) is 1. The highest BCUT2D eigenvalue weighted by atomic mass is 16.5. The quantitative estimate of drug-likeness (QED) is 0.0191. The van der Waals surface area contributed by atoms with E-state index >= 15 is 4.79 Å². The van der Waals surface area contributed by atoms with Gasteiger partial charge in [0, 0.05) is 49.3 Å². The number of aromatic amines is 1. The molecule has 0 bridgehead atoms. The van der Waals surface area contributed by atoms with Gasteiger partial charge in [-0.1, -0.05) is 74.0 Å². The summed E-state index contributed by atoms with van der Waals surface area (Å²) in [5.74, 6) is -4.32. The van der Waals surface area contributed by atoms with Gasteiger partial charge in [-0.15, -0.1) is 0 Å². The maximum Gasteiger partial charge on any atom is 0.246 e. The van der Waals surface area contributed by atoms with Crippen molar-refractivity contribution in [3.05, 3.63) is 102 Å². The average molecular weight is 1080 g/mol. The molecule has 78 heavy (non-hydrogen) atoms. The Morgan fingerprint density at radius 1 is 0.679 bits per heavy atom. The number of nitrogens with two attached hydrogens (primary N) is 4. The molecular weight excluding hydrogens is 997 g/mol. The normalized spacial score (nSPS) is 16.9. The number of fused-ring (bicyclic) bond motifs is 1. The monoisotopic (exact) mass is 1080 g/mol. The first-order chi connectivity index (χ1) is 37.4. The number of nitrogens with zero attached hydrogens (tertiary/aromatic N) is 1. The average Bonchev–Trinajstić information content (AvgIpc) is 3.90. The largest absolute Gasteiger partial charge is 0.497 e. The predicted octanol–water partition coefficient (Wildman–Crippen LogP) is 2.83. The van der Waals surface area contributed by atoms with Gasteiger partial charge in [-0.25, -0.2) is 0 Å². The van der Waals surface area contributed by atoms with Crippen molar-refractivity contribution in [2.45, 2.75) is 158 Å². The number of benzene rings is 3. The number of primary amides is 1. The molecule has 15 N–H and O–H groups in total. The molecule has 0 unspecified atom stereocenters. The molecule has 1 saturated carbocycles. The van der Waals surface area contributed by atoms with Crippen molar-refractivity contribution in [3.8, 4) is 5.75 Å². The van der Waals surface area contributed by atoms with Gasteiger partial charge in [-0.2, -0.15) is 0 Å². The Balaban J connectivity index is 1.49. The van der Waals surface area contributed by atoms with E-state index in [0.717, 1.165) is 22.9 Å². The van der Waals surface area contributed by atoms with Crippen molar-refractivity contribution < 1.29 is 43.1 Å². The van der Waals surface area contributed by atoms with Crippen LogP contribution in [0.5, 0.6) is 5.75 Å². The molecule has 21 heteroatoms. The van der Waals surface area contributed by atoms with Crippen LogP contribution in [-0.4, -0.2) is 114 Å². The first kappa shape index (κ1) is 61.0. The molecule has 0 radical (unpaired) electrons. The number of methoxy groups -OCH3 is 1. The molecule has 1 fully saturated rings. The zero-order valence-electron chi connectivity index (χ0n) is 45.2. The Bertz CT molecular complexity index is 2670. The third-order valence-electron chi connectivity index (χ3n) is 14.2. The van der Waals surface area contributed by atoms with Crippen molar-refractivity contribution in [1.82, 2.24) is 36.9 Å². The van der Waals surface area contributed by atoms with Gasteiger partial charge in [0.25, 0.3) is 0 Å². The SMILES string of the molecule is CCCCC(=O)N[C@@H](CCC(C)=O)C(=O)NC1(C(=O)N[C@H](Cc2ccccc2)C(=O)N[C@@H](CCCN=C(N)N)C(=O)N[C@@H](Cc2c[nH]c3ccccc23)C(=O)N[C@@H](CCCCN)C(N)=O)CCC(c2ccc(OC)cc2)CC1. The van der Waals surface area contributed by atoms with E-state index in [1.807, 2.05) is 55.5 Å². The second kappa shape index (κ2) is 30.8. The molecule has 1 aromatic heterocycles. The molecule has 1 heterocycles. The molecule has 0 aliphatic heterocycles. The standard InChI is InChI=1S/C57H80N12O9/c1-4-5-20-49(71)64-46(26-21-36(2)70)54(76)69-57(29-27-39(28-30-57)38-22-24-41(78-3)25-23-38)55(77)68-47(33-37-14-7-6-8-15-37)52(74)66-45(19-13-32-62-56(60)61)51(73)67-48(34-40-35-63-43-17-10-9-16-42(40)43)53(75)65-44(50(59)72)18-11-12-31-58/h6-10,14-17,22-25,35,39,44-48,63H,4-5,11-13,18-21,26-34,58H2,1-3H3,(H2,59,72)(H,64,71)(H,65,75)(H,66,74)(H,67,73)(H,68,77)(H,69,76)(H4,60,61,62)/t39?,44-,45-,46-,47+,48-,57?/m0/s1. The highest BCUT2D eigenvalue weighted by Crippen LogP contribution is 2.39. The van der Waals surface area contributed by atoms with Crippen LogP contribution in [0, 0.1) is 0 Å². The number of para-hydroxylation sites is 1. The lowest BCUT2D eigenvalue weighted by Crippen LogP contribution is -2.66.